The summed E-state index contributed by atoms with van der Waals surface area (Å²) in [6.45, 7) is 12.1. The predicted octanol–water partition coefficient (Wildman–Crippen LogP) is 2.77. The van der Waals surface area contributed by atoms with Crippen LogP contribution in [0.5, 0.6) is 0 Å². The quantitative estimate of drug-likeness (QED) is 0.876. The third-order valence-corrected chi connectivity index (χ3v) is 5.68. The van der Waals surface area contributed by atoms with Crippen LogP contribution in [0.15, 0.2) is 17.5 Å². The van der Waals surface area contributed by atoms with Crippen molar-refractivity contribution in [1.29, 1.82) is 0 Å². The van der Waals surface area contributed by atoms with Crippen molar-refractivity contribution in [2.75, 3.05) is 26.2 Å². The fraction of sp³-hybridized carbons (Fsp3) is 0.750. The summed E-state index contributed by atoms with van der Waals surface area (Å²) >= 11 is 1.85. The third kappa shape index (κ3) is 3.42. The highest BCUT2D eigenvalue weighted by Gasteiger charge is 2.38. The Kier molecular flexibility index (Phi) is 5.61. The molecule has 114 valence electrons. The van der Waals surface area contributed by atoms with Crippen molar-refractivity contribution in [3.63, 3.8) is 0 Å². The molecule has 1 fully saturated rings. The maximum atomic E-state index is 6.21. The number of thiophene rings is 1. The van der Waals surface area contributed by atoms with Crippen molar-refractivity contribution < 1.29 is 0 Å². The molecular weight excluding hydrogens is 266 g/mol. The van der Waals surface area contributed by atoms with E-state index in [2.05, 4.69) is 48.1 Å². The van der Waals surface area contributed by atoms with Gasteiger partial charge < -0.3 is 10.6 Å². The SMILES string of the molecule is CCN(Cc1cccs1)C1(CN)CCN(C(C)C)CC1. The van der Waals surface area contributed by atoms with E-state index in [1.165, 1.54) is 30.8 Å². The molecule has 0 bridgehead atoms. The monoisotopic (exact) mass is 295 g/mol. The van der Waals surface area contributed by atoms with Gasteiger partial charge in [0.2, 0.25) is 0 Å². The lowest BCUT2D eigenvalue weighted by molar-refractivity contribution is 0.0163. The molecule has 1 saturated heterocycles. The molecule has 1 aliphatic heterocycles. The minimum Gasteiger partial charge on any atom is -0.329 e. The highest BCUT2D eigenvalue weighted by molar-refractivity contribution is 7.09. The van der Waals surface area contributed by atoms with Crippen molar-refractivity contribution in [1.82, 2.24) is 9.80 Å². The van der Waals surface area contributed by atoms with Crippen LogP contribution in [0, 0.1) is 0 Å². The molecule has 20 heavy (non-hydrogen) atoms. The summed E-state index contributed by atoms with van der Waals surface area (Å²) in [6, 6.07) is 5.03. The standard InChI is InChI=1S/C16H29N3S/c1-4-19(12-15-6-5-11-20-15)16(13-17)7-9-18(10-8-16)14(2)3/h5-6,11,14H,4,7-10,12-13,17H2,1-3H3. The molecule has 1 aromatic heterocycles. The Hall–Kier alpha value is -0.420. The lowest BCUT2D eigenvalue weighted by Gasteiger charge is -2.49. The maximum Gasteiger partial charge on any atom is 0.0359 e. The minimum atomic E-state index is 0.199. The van der Waals surface area contributed by atoms with E-state index in [1.54, 1.807) is 0 Å². The van der Waals surface area contributed by atoms with Gasteiger partial charge in [0.15, 0.2) is 0 Å². The van der Waals surface area contributed by atoms with E-state index in [4.69, 9.17) is 5.73 Å². The summed E-state index contributed by atoms with van der Waals surface area (Å²) in [5.74, 6) is 0. The molecule has 0 atom stereocenters. The zero-order valence-corrected chi connectivity index (χ0v) is 14.0. The molecule has 0 aromatic carbocycles. The predicted molar refractivity (Wildman–Crippen MR) is 88.1 cm³/mol. The van der Waals surface area contributed by atoms with Crippen molar-refractivity contribution in [3.8, 4) is 0 Å². The van der Waals surface area contributed by atoms with Gasteiger partial charge in [-0.1, -0.05) is 13.0 Å². The molecular formula is C16H29N3S. The molecule has 4 heteroatoms. The van der Waals surface area contributed by atoms with E-state index in [0.717, 1.165) is 19.6 Å². The first-order chi connectivity index (χ1) is 9.61. The summed E-state index contributed by atoms with van der Waals surface area (Å²) in [4.78, 5) is 6.63. The van der Waals surface area contributed by atoms with Crippen LogP contribution in [-0.2, 0) is 6.54 Å². The summed E-state index contributed by atoms with van der Waals surface area (Å²) < 4.78 is 0. The van der Waals surface area contributed by atoms with E-state index in [-0.39, 0.29) is 5.54 Å². The molecule has 0 amide bonds. The van der Waals surface area contributed by atoms with Crippen LogP contribution in [0.2, 0.25) is 0 Å². The van der Waals surface area contributed by atoms with Crippen molar-refractivity contribution in [2.45, 2.75) is 51.7 Å². The highest BCUT2D eigenvalue weighted by atomic mass is 32.1. The van der Waals surface area contributed by atoms with E-state index in [0.29, 0.717) is 6.04 Å². The fourth-order valence-electron chi connectivity index (χ4n) is 3.31. The highest BCUT2D eigenvalue weighted by Crippen LogP contribution is 2.31. The average Bonchev–Trinajstić information content (AvgIpc) is 2.97. The second-order valence-electron chi connectivity index (χ2n) is 6.15. The number of rotatable bonds is 6. The van der Waals surface area contributed by atoms with Gasteiger partial charge >= 0.3 is 0 Å². The van der Waals surface area contributed by atoms with E-state index >= 15 is 0 Å². The zero-order chi connectivity index (χ0) is 14.6. The fourth-order valence-corrected chi connectivity index (χ4v) is 4.03. The van der Waals surface area contributed by atoms with Crippen LogP contribution in [0.1, 0.15) is 38.5 Å². The largest absolute Gasteiger partial charge is 0.329 e. The second kappa shape index (κ2) is 7.03. The Morgan fingerprint density at radius 3 is 2.55 bits per heavy atom. The van der Waals surface area contributed by atoms with Crippen LogP contribution in [0.4, 0.5) is 0 Å². The smallest absolute Gasteiger partial charge is 0.0359 e. The van der Waals surface area contributed by atoms with Gasteiger partial charge in [0.05, 0.1) is 0 Å². The van der Waals surface area contributed by atoms with Gasteiger partial charge in [-0.2, -0.15) is 0 Å². The summed E-state index contributed by atoms with van der Waals surface area (Å²) in [6.07, 6.45) is 2.39. The zero-order valence-electron chi connectivity index (χ0n) is 13.1. The first-order valence-corrected chi connectivity index (χ1v) is 8.71. The number of nitrogens with two attached hydrogens (primary N) is 1. The van der Waals surface area contributed by atoms with Gasteiger partial charge in [0.1, 0.15) is 0 Å². The Balaban J connectivity index is 2.05. The lowest BCUT2D eigenvalue weighted by atomic mass is 9.85. The van der Waals surface area contributed by atoms with Crippen molar-refractivity contribution >= 4 is 11.3 Å². The van der Waals surface area contributed by atoms with E-state index < -0.39 is 0 Å². The van der Waals surface area contributed by atoms with Gasteiger partial charge in [-0.25, -0.2) is 0 Å². The molecule has 2 rings (SSSR count). The molecule has 0 spiro atoms. The first kappa shape index (κ1) is 16.0. The van der Waals surface area contributed by atoms with Crippen LogP contribution >= 0.6 is 11.3 Å². The normalized spacial score (nSPS) is 19.9. The average molecular weight is 295 g/mol. The lowest BCUT2D eigenvalue weighted by Crippen LogP contribution is -2.59. The Morgan fingerprint density at radius 2 is 2.10 bits per heavy atom. The number of piperidine rings is 1. The number of likely N-dealkylation sites (tertiary alicyclic amines) is 1. The number of hydrogen-bond donors (Lipinski definition) is 1. The number of nitrogens with zero attached hydrogens (tertiary/aromatic N) is 2. The van der Waals surface area contributed by atoms with Crippen molar-refractivity contribution in [2.24, 2.45) is 5.73 Å². The van der Waals surface area contributed by atoms with E-state index in [9.17, 15) is 0 Å². The van der Waals surface area contributed by atoms with Gasteiger partial charge in [0, 0.05) is 42.6 Å². The Morgan fingerprint density at radius 1 is 1.40 bits per heavy atom. The maximum absolute atomic E-state index is 6.21. The Bertz CT molecular complexity index is 380. The second-order valence-corrected chi connectivity index (χ2v) is 7.18. The third-order valence-electron chi connectivity index (χ3n) is 4.82. The molecule has 1 aromatic rings. The van der Waals surface area contributed by atoms with Crippen LogP contribution in [0.3, 0.4) is 0 Å². The topological polar surface area (TPSA) is 32.5 Å². The molecule has 0 radical (unpaired) electrons. The molecule has 1 aliphatic rings. The van der Waals surface area contributed by atoms with Gasteiger partial charge in [-0.05, 0) is 44.7 Å². The van der Waals surface area contributed by atoms with Crippen LogP contribution in [-0.4, -0.2) is 47.6 Å². The van der Waals surface area contributed by atoms with Crippen LogP contribution in [0.25, 0.3) is 0 Å². The molecule has 0 saturated carbocycles. The Labute approximate surface area is 127 Å². The number of hydrogen-bond acceptors (Lipinski definition) is 4. The minimum absolute atomic E-state index is 0.199. The number of likely N-dealkylation sites (N-methyl/N-ethyl adjacent to an activating group) is 1. The van der Waals surface area contributed by atoms with Gasteiger partial charge in [-0.15, -0.1) is 11.3 Å². The van der Waals surface area contributed by atoms with Gasteiger partial charge in [0.25, 0.3) is 0 Å². The van der Waals surface area contributed by atoms with Crippen molar-refractivity contribution in [3.05, 3.63) is 22.4 Å². The van der Waals surface area contributed by atoms with Crippen LogP contribution < -0.4 is 5.73 Å². The van der Waals surface area contributed by atoms with Gasteiger partial charge in [-0.3, -0.25) is 4.90 Å². The van der Waals surface area contributed by atoms with E-state index in [1.807, 2.05) is 11.3 Å². The molecule has 3 nitrogen and oxygen atoms in total. The summed E-state index contributed by atoms with van der Waals surface area (Å²) in [5.41, 5.74) is 6.41. The summed E-state index contributed by atoms with van der Waals surface area (Å²) in [5, 5.41) is 2.17. The molecule has 2 heterocycles. The molecule has 0 unspecified atom stereocenters. The summed E-state index contributed by atoms with van der Waals surface area (Å²) in [7, 11) is 0. The first-order valence-electron chi connectivity index (χ1n) is 7.83. The molecule has 2 N–H and O–H groups in total. The molecule has 0 aliphatic carbocycles.